The van der Waals surface area contributed by atoms with E-state index in [4.69, 9.17) is 9.26 Å². The molecule has 5 heteroatoms. The fourth-order valence-electron chi connectivity index (χ4n) is 2.00. The lowest BCUT2D eigenvalue weighted by Gasteiger charge is -2.22. The Hall–Kier alpha value is -1.72. The largest absolute Gasteiger partial charge is 0.378 e. The molecule has 0 aliphatic carbocycles. The minimum atomic E-state index is 0.267. The van der Waals surface area contributed by atoms with Crippen molar-refractivity contribution in [1.29, 1.82) is 0 Å². The molecule has 1 aliphatic heterocycles. The van der Waals surface area contributed by atoms with Crippen molar-refractivity contribution in [2.24, 2.45) is 0 Å². The van der Waals surface area contributed by atoms with Crippen molar-refractivity contribution in [3.8, 4) is 11.4 Å². The van der Waals surface area contributed by atoms with Crippen LogP contribution in [0.3, 0.4) is 0 Å². The molecule has 1 N–H and O–H groups in total. The number of benzene rings is 1. The van der Waals surface area contributed by atoms with E-state index in [9.17, 15) is 0 Å². The van der Waals surface area contributed by atoms with Gasteiger partial charge in [-0.3, -0.25) is 0 Å². The van der Waals surface area contributed by atoms with Gasteiger partial charge in [0, 0.05) is 24.6 Å². The van der Waals surface area contributed by atoms with Gasteiger partial charge in [-0.15, -0.1) is 0 Å². The first-order valence-electron chi connectivity index (χ1n) is 6.11. The summed E-state index contributed by atoms with van der Waals surface area (Å²) in [6.45, 7) is 2.35. The van der Waals surface area contributed by atoms with E-state index in [-0.39, 0.29) is 6.04 Å². The zero-order valence-electron chi connectivity index (χ0n) is 10.0. The number of nitrogens with one attached hydrogen (secondary N) is 1. The highest BCUT2D eigenvalue weighted by molar-refractivity contribution is 5.53. The Labute approximate surface area is 105 Å². The highest BCUT2D eigenvalue weighted by Gasteiger charge is 2.17. The predicted octanol–water partition coefficient (Wildman–Crippen LogP) is 1.27. The number of hydrogen-bond acceptors (Lipinski definition) is 5. The number of ether oxygens (including phenoxy) is 1. The molecular weight excluding hydrogens is 230 g/mol. The second-order valence-corrected chi connectivity index (χ2v) is 4.31. The van der Waals surface area contributed by atoms with Gasteiger partial charge < -0.3 is 14.6 Å². The van der Waals surface area contributed by atoms with Crippen molar-refractivity contribution in [2.75, 3.05) is 19.8 Å². The molecular formula is C13H15N3O2. The summed E-state index contributed by atoms with van der Waals surface area (Å²) < 4.78 is 10.7. The molecule has 2 aromatic rings. The third-order valence-corrected chi connectivity index (χ3v) is 2.92. The zero-order valence-corrected chi connectivity index (χ0v) is 10.0. The molecule has 2 heterocycles. The summed E-state index contributed by atoms with van der Waals surface area (Å²) in [4.78, 5) is 4.40. The molecule has 5 nitrogen and oxygen atoms in total. The lowest BCUT2D eigenvalue weighted by Crippen LogP contribution is -2.42. The van der Waals surface area contributed by atoms with Crippen LogP contribution in [0, 0.1) is 0 Å². The number of nitrogens with zero attached hydrogens (tertiary/aromatic N) is 2. The van der Waals surface area contributed by atoms with Crippen molar-refractivity contribution in [3.63, 3.8) is 0 Å². The van der Waals surface area contributed by atoms with E-state index in [1.54, 1.807) is 0 Å². The molecule has 1 atom stereocenters. The second kappa shape index (κ2) is 5.29. The van der Waals surface area contributed by atoms with Crippen LogP contribution in [-0.4, -0.2) is 35.9 Å². The topological polar surface area (TPSA) is 60.2 Å². The highest BCUT2D eigenvalue weighted by Crippen LogP contribution is 2.15. The van der Waals surface area contributed by atoms with Crippen LogP contribution in [0.1, 0.15) is 5.89 Å². The Morgan fingerprint density at radius 3 is 2.94 bits per heavy atom. The molecule has 0 radical (unpaired) electrons. The van der Waals surface area contributed by atoms with Gasteiger partial charge in [-0.05, 0) is 0 Å². The first kappa shape index (κ1) is 11.4. The molecule has 0 bridgehead atoms. The van der Waals surface area contributed by atoms with E-state index in [0.29, 0.717) is 24.7 Å². The first-order valence-corrected chi connectivity index (χ1v) is 6.11. The molecule has 18 heavy (non-hydrogen) atoms. The Bertz CT molecular complexity index is 492. The van der Waals surface area contributed by atoms with Crippen molar-refractivity contribution in [1.82, 2.24) is 15.5 Å². The minimum Gasteiger partial charge on any atom is -0.378 e. The van der Waals surface area contributed by atoms with Crippen LogP contribution in [0.2, 0.25) is 0 Å². The van der Waals surface area contributed by atoms with Gasteiger partial charge in [-0.1, -0.05) is 35.5 Å². The van der Waals surface area contributed by atoms with Gasteiger partial charge in [0.05, 0.1) is 13.2 Å². The van der Waals surface area contributed by atoms with E-state index in [2.05, 4.69) is 15.5 Å². The third-order valence-electron chi connectivity index (χ3n) is 2.92. The van der Waals surface area contributed by atoms with Crippen LogP contribution in [0.25, 0.3) is 11.4 Å². The Balaban J connectivity index is 1.69. The van der Waals surface area contributed by atoms with Crippen LogP contribution in [0.15, 0.2) is 34.9 Å². The molecule has 1 fully saturated rings. The maximum absolute atomic E-state index is 5.39. The maximum Gasteiger partial charge on any atom is 0.228 e. The van der Waals surface area contributed by atoms with E-state index in [1.807, 2.05) is 30.3 Å². The Kier molecular flexibility index (Phi) is 3.34. The van der Waals surface area contributed by atoms with E-state index in [1.165, 1.54) is 0 Å². The van der Waals surface area contributed by atoms with Crippen LogP contribution >= 0.6 is 0 Å². The van der Waals surface area contributed by atoms with Gasteiger partial charge in [-0.2, -0.15) is 4.98 Å². The second-order valence-electron chi connectivity index (χ2n) is 4.31. The van der Waals surface area contributed by atoms with Gasteiger partial charge in [0.2, 0.25) is 11.7 Å². The molecule has 1 saturated heterocycles. The van der Waals surface area contributed by atoms with Crippen molar-refractivity contribution >= 4 is 0 Å². The van der Waals surface area contributed by atoms with Crippen LogP contribution in [0.5, 0.6) is 0 Å². The molecule has 0 spiro atoms. The summed E-state index contributed by atoms with van der Waals surface area (Å²) in [5.41, 5.74) is 0.973. The summed E-state index contributed by atoms with van der Waals surface area (Å²) in [6.07, 6.45) is 0.708. The van der Waals surface area contributed by atoms with Crippen LogP contribution < -0.4 is 5.32 Å². The van der Waals surface area contributed by atoms with Crippen LogP contribution in [-0.2, 0) is 11.2 Å². The van der Waals surface area contributed by atoms with Crippen molar-refractivity contribution in [2.45, 2.75) is 12.5 Å². The Morgan fingerprint density at radius 2 is 2.17 bits per heavy atom. The molecule has 0 saturated carbocycles. The van der Waals surface area contributed by atoms with Crippen LogP contribution in [0.4, 0.5) is 0 Å². The number of rotatable bonds is 3. The predicted molar refractivity (Wildman–Crippen MR) is 66.0 cm³/mol. The molecule has 1 aliphatic rings. The lowest BCUT2D eigenvalue weighted by molar-refractivity contribution is 0.0744. The number of hydrogen-bond donors (Lipinski definition) is 1. The average Bonchev–Trinajstić information content (AvgIpc) is 2.89. The van der Waals surface area contributed by atoms with E-state index < -0.39 is 0 Å². The van der Waals surface area contributed by atoms with Gasteiger partial charge >= 0.3 is 0 Å². The van der Waals surface area contributed by atoms with E-state index in [0.717, 1.165) is 18.7 Å². The van der Waals surface area contributed by atoms with Gasteiger partial charge in [-0.25, -0.2) is 0 Å². The standard InChI is InChI=1S/C13H15N3O2/c1-2-4-10(5-3-1)13-15-12(18-16-13)8-11-9-17-7-6-14-11/h1-5,11,14H,6-9H2. The average molecular weight is 245 g/mol. The minimum absolute atomic E-state index is 0.267. The molecule has 3 rings (SSSR count). The number of morpholine rings is 1. The zero-order chi connectivity index (χ0) is 12.2. The van der Waals surface area contributed by atoms with E-state index >= 15 is 0 Å². The maximum atomic E-state index is 5.39. The summed E-state index contributed by atoms with van der Waals surface area (Å²) in [5, 5.41) is 7.36. The number of aromatic nitrogens is 2. The fourth-order valence-corrected chi connectivity index (χ4v) is 2.00. The van der Waals surface area contributed by atoms with Gasteiger partial charge in [0.1, 0.15) is 0 Å². The fraction of sp³-hybridized carbons (Fsp3) is 0.385. The lowest BCUT2D eigenvalue weighted by atomic mass is 10.2. The van der Waals surface area contributed by atoms with Crippen molar-refractivity contribution in [3.05, 3.63) is 36.2 Å². The van der Waals surface area contributed by atoms with Gasteiger partial charge in [0.15, 0.2) is 0 Å². The SMILES string of the molecule is c1ccc(-c2noc(CC3COCCN3)n2)cc1. The first-order chi connectivity index (χ1) is 8.92. The normalized spacial score (nSPS) is 19.9. The van der Waals surface area contributed by atoms with Gasteiger partial charge in [0.25, 0.3) is 0 Å². The monoisotopic (exact) mass is 245 g/mol. The molecule has 0 amide bonds. The quantitative estimate of drug-likeness (QED) is 0.882. The molecule has 1 unspecified atom stereocenters. The third kappa shape index (κ3) is 2.57. The summed E-state index contributed by atoms with van der Waals surface area (Å²) >= 11 is 0. The molecule has 1 aromatic heterocycles. The molecule has 1 aromatic carbocycles. The Morgan fingerprint density at radius 1 is 1.28 bits per heavy atom. The molecule has 94 valence electrons. The summed E-state index contributed by atoms with van der Waals surface area (Å²) in [6, 6.07) is 10.1. The smallest absolute Gasteiger partial charge is 0.228 e. The highest BCUT2D eigenvalue weighted by atomic mass is 16.5. The summed E-state index contributed by atoms with van der Waals surface area (Å²) in [7, 11) is 0. The van der Waals surface area contributed by atoms with Crippen molar-refractivity contribution < 1.29 is 9.26 Å². The summed E-state index contributed by atoms with van der Waals surface area (Å²) in [5.74, 6) is 1.29.